The number of benzene rings is 1. The van der Waals surface area contributed by atoms with Crippen LogP contribution in [-0.4, -0.2) is 53.9 Å². The van der Waals surface area contributed by atoms with Crippen LogP contribution in [0, 0.1) is 5.92 Å². The van der Waals surface area contributed by atoms with Gasteiger partial charge in [0, 0.05) is 13.1 Å². The zero-order chi connectivity index (χ0) is 22.3. The van der Waals surface area contributed by atoms with Crippen LogP contribution in [0.2, 0.25) is 0 Å². The maximum absolute atomic E-state index is 13.3. The van der Waals surface area contributed by atoms with Crippen LogP contribution in [0.25, 0.3) is 15.9 Å². The van der Waals surface area contributed by atoms with Gasteiger partial charge >= 0.3 is 5.97 Å². The van der Waals surface area contributed by atoms with Crippen LogP contribution < -0.4 is 4.90 Å². The molecule has 0 spiro atoms. The lowest BCUT2D eigenvalue weighted by Crippen LogP contribution is -2.40. The molecule has 3 aromatic heterocycles. The molecule has 1 aliphatic heterocycles. The van der Waals surface area contributed by atoms with Crippen molar-refractivity contribution in [2.24, 2.45) is 5.92 Å². The second kappa shape index (κ2) is 8.14. The first-order chi connectivity index (χ1) is 15.5. The molecule has 5 rings (SSSR count). The highest BCUT2D eigenvalue weighted by Gasteiger charge is 2.31. The van der Waals surface area contributed by atoms with E-state index in [9.17, 15) is 13.2 Å². The van der Waals surface area contributed by atoms with E-state index in [1.54, 1.807) is 25.1 Å². The van der Waals surface area contributed by atoms with E-state index in [1.807, 2.05) is 16.3 Å². The zero-order valence-electron chi connectivity index (χ0n) is 17.3. The Morgan fingerprint density at radius 1 is 1.25 bits per heavy atom. The summed E-state index contributed by atoms with van der Waals surface area (Å²) in [7, 11) is -3.90. The lowest BCUT2D eigenvalue weighted by atomic mass is 9.98. The lowest BCUT2D eigenvalue weighted by Gasteiger charge is -2.32. The Morgan fingerprint density at radius 3 is 2.84 bits per heavy atom. The topological polar surface area (TPSA) is 107 Å². The number of aromatic nitrogens is 4. The number of rotatable bonds is 5. The number of ether oxygens (including phenoxy) is 1. The molecule has 1 unspecified atom stereocenters. The number of anilines is 1. The van der Waals surface area contributed by atoms with Crippen molar-refractivity contribution in [1.29, 1.82) is 0 Å². The fourth-order valence-corrected chi connectivity index (χ4v) is 6.17. The van der Waals surface area contributed by atoms with Gasteiger partial charge in [0.05, 0.1) is 27.6 Å². The molecule has 4 aromatic rings. The molecule has 1 aromatic carbocycles. The quantitative estimate of drug-likeness (QED) is 0.409. The van der Waals surface area contributed by atoms with Crippen LogP contribution in [0.1, 0.15) is 19.8 Å². The van der Waals surface area contributed by atoms with Crippen LogP contribution in [-0.2, 0) is 19.4 Å². The Kier molecular flexibility index (Phi) is 5.30. The number of piperidine rings is 1. The molecular formula is C21H21N5O4S2. The molecule has 11 heteroatoms. The number of thiophene rings is 1. The van der Waals surface area contributed by atoms with Crippen LogP contribution in [0.4, 0.5) is 5.82 Å². The van der Waals surface area contributed by atoms with E-state index in [0.29, 0.717) is 25.5 Å². The van der Waals surface area contributed by atoms with Gasteiger partial charge in [-0.15, -0.1) is 16.4 Å². The number of nitrogens with zero attached hydrogens (tertiary/aromatic N) is 5. The van der Waals surface area contributed by atoms with Gasteiger partial charge in [-0.3, -0.25) is 4.79 Å². The van der Waals surface area contributed by atoms with E-state index >= 15 is 0 Å². The normalized spacial score (nSPS) is 17.2. The second-order valence-electron chi connectivity index (χ2n) is 7.55. The minimum Gasteiger partial charge on any atom is -0.466 e. The van der Waals surface area contributed by atoms with Crippen molar-refractivity contribution in [3.05, 3.63) is 41.8 Å². The summed E-state index contributed by atoms with van der Waals surface area (Å²) in [6, 6.07) is 10.0. The highest BCUT2D eigenvalue weighted by atomic mass is 32.2. The molecule has 0 saturated carbocycles. The number of carbonyl (C=O) groups excluding carboxylic acids is 1. The zero-order valence-corrected chi connectivity index (χ0v) is 19.0. The largest absolute Gasteiger partial charge is 0.466 e. The first-order valence-corrected chi connectivity index (χ1v) is 12.7. The van der Waals surface area contributed by atoms with Crippen LogP contribution in [0.5, 0.6) is 0 Å². The Hall–Kier alpha value is -3.05. The average Bonchev–Trinajstić information content (AvgIpc) is 3.46. The molecule has 0 aliphatic carbocycles. The monoisotopic (exact) mass is 471 g/mol. The minimum absolute atomic E-state index is 0.136. The van der Waals surface area contributed by atoms with Crippen LogP contribution in [0.15, 0.2) is 51.7 Å². The Labute approximate surface area is 188 Å². The summed E-state index contributed by atoms with van der Waals surface area (Å²) in [6.07, 6.45) is 1.57. The highest BCUT2D eigenvalue weighted by molar-refractivity contribution is 7.91. The molecule has 0 bridgehead atoms. The molecule has 1 fully saturated rings. The molecule has 0 amide bonds. The van der Waals surface area contributed by atoms with Gasteiger partial charge in [0.15, 0.2) is 11.5 Å². The van der Waals surface area contributed by atoms with Gasteiger partial charge in [-0.2, -0.15) is 4.52 Å². The molecule has 32 heavy (non-hydrogen) atoms. The van der Waals surface area contributed by atoms with Gasteiger partial charge in [0.1, 0.15) is 0 Å². The fraction of sp³-hybridized carbons (Fsp3) is 0.333. The first kappa shape index (κ1) is 20.8. The molecule has 1 aliphatic rings. The van der Waals surface area contributed by atoms with Gasteiger partial charge in [-0.1, -0.05) is 23.4 Å². The molecule has 1 saturated heterocycles. The molecule has 9 nitrogen and oxygen atoms in total. The minimum atomic E-state index is -3.90. The van der Waals surface area contributed by atoms with Gasteiger partial charge in [0.2, 0.25) is 14.9 Å². The molecular weight excluding hydrogens is 450 g/mol. The van der Waals surface area contributed by atoms with E-state index in [1.165, 1.54) is 28.0 Å². The van der Waals surface area contributed by atoms with Crippen molar-refractivity contribution in [3.63, 3.8) is 0 Å². The maximum Gasteiger partial charge on any atom is 0.310 e. The molecule has 1 atom stereocenters. The smallest absolute Gasteiger partial charge is 0.310 e. The highest BCUT2D eigenvalue weighted by Crippen LogP contribution is 2.35. The predicted octanol–water partition coefficient (Wildman–Crippen LogP) is 2.95. The Balaban J connectivity index is 1.63. The summed E-state index contributed by atoms with van der Waals surface area (Å²) < 4.78 is 34.1. The van der Waals surface area contributed by atoms with E-state index in [0.717, 1.165) is 23.1 Å². The van der Waals surface area contributed by atoms with E-state index in [-0.39, 0.29) is 27.5 Å². The van der Waals surface area contributed by atoms with E-state index in [2.05, 4.69) is 10.3 Å². The number of hydrogen-bond donors (Lipinski definition) is 0. The molecule has 166 valence electrons. The molecule has 0 N–H and O–H groups in total. The summed E-state index contributed by atoms with van der Waals surface area (Å²) in [5, 5.41) is 9.83. The standard InChI is InChI=1S/C21H21N5O4S2/c1-2-30-21(27)14-7-6-11-25(13-14)18-17-16(10-12-31-17)26-19(22-18)20(23-24-26)32(28,29)15-8-4-3-5-9-15/h3-5,8-10,12,14H,2,6-7,11,13H2,1H3. The predicted molar refractivity (Wildman–Crippen MR) is 120 cm³/mol. The summed E-state index contributed by atoms with van der Waals surface area (Å²) in [4.78, 5) is 19.2. The van der Waals surface area contributed by atoms with Gasteiger partial charge < -0.3 is 9.64 Å². The van der Waals surface area contributed by atoms with Gasteiger partial charge in [-0.25, -0.2) is 13.4 Å². The number of hydrogen-bond acceptors (Lipinski definition) is 9. The SMILES string of the molecule is CCOC(=O)C1CCCN(c2nc3c(S(=O)(=O)c4ccccc4)nnn3c3ccsc23)C1. The lowest BCUT2D eigenvalue weighted by molar-refractivity contribution is -0.148. The Morgan fingerprint density at radius 2 is 2.06 bits per heavy atom. The van der Waals surface area contributed by atoms with Crippen molar-refractivity contribution in [3.8, 4) is 0 Å². The molecule has 0 radical (unpaired) electrons. The average molecular weight is 472 g/mol. The summed E-state index contributed by atoms with van der Waals surface area (Å²) in [5.41, 5.74) is 0.906. The number of carbonyl (C=O) groups is 1. The van der Waals surface area contributed by atoms with Crippen molar-refractivity contribution < 1.29 is 17.9 Å². The third-order valence-electron chi connectivity index (χ3n) is 5.55. The summed E-state index contributed by atoms with van der Waals surface area (Å²) in [5.74, 6) is 0.190. The first-order valence-electron chi connectivity index (χ1n) is 10.3. The summed E-state index contributed by atoms with van der Waals surface area (Å²) in [6.45, 7) is 3.33. The maximum atomic E-state index is 13.3. The van der Waals surface area contributed by atoms with E-state index < -0.39 is 9.84 Å². The van der Waals surface area contributed by atoms with Crippen molar-refractivity contribution >= 4 is 48.8 Å². The number of esters is 1. The van der Waals surface area contributed by atoms with Gasteiger partial charge in [0.25, 0.3) is 0 Å². The Bertz CT molecular complexity index is 1400. The van der Waals surface area contributed by atoms with Crippen LogP contribution >= 0.6 is 11.3 Å². The number of sulfone groups is 1. The second-order valence-corrected chi connectivity index (χ2v) is 10.3. The third kappa shape index (κ3) is 3.41. The van der Waals surface area contributed by atoms with E-state index in [4.69, 9.17) is 9.72 Å². The molecule has 4 heterocycles. The number of fused-ring (bicyclic) bond motifs is 3. The third-order valence-corrected chi connectivity index (χ3v) is 8.12. The van der Waals surface area contributed by atoms with Crippen molar-refractivity contribution in [2.75, 3.05) is 24.6 Å². The van der Waals surface area contributed by atoms with Crippen LogP contribution in [0.3, 0.4) is 0 Å². The fourth-order valence-electron chi connectivity index (χ4n) is 4.03. The van der Waals surface area contributed by atoms with Crippen molar-refractivity contribution in [2.45, 2.75) is 29.7 Å². The summed E-state index contributed by atoms with van der Waals surface area (Å²) >= 11 is 1.50. The van der Waals surface area contributed by atoms with Crippen molar-refractivity contribution in [1.82, 2.24) is 19.8 Å². The van der Waals surface area contributed by atoms with Gasteiger partial charge in [-0.05, 0) is 43.3 Å².